The van der Waals surface area contributed by atoms with E-state index in [0.717, 1.165) is 79.0 Å². The molecule has 0 aliphatic heterocycles. The minimum absolute atomic E-state index is 0. The van der Waals surface area contributed by atoms with Gasteiger partial charge >= 0.3 is 24.7 Å². The zero-order valence-corrected chi connectivity index (χ0v) is 77.7. The topological polar surface area (TPSA) is 157 Å². The van der Waals surface area contributed by atoms with Gasteiger partial charge in [0.2, 0.25) is 5.97 Å². The van der Waals surface area contributed by atoms with Crippen LogP contribution in [0, 0.1) is 30.3 Å². The fraction of sp³-hybridized carbons (Fsp3) is 0.0971. The number of ketones is 4. The second kappa shape index (κ2) is 45.6. The van der Waals surface area contributed by atoms with Crippen molar-refractivity contribution in [2.45, 2.75) is 65.2 Å². The van der Waals surface area contributed by atoms with Gasteiger partial charge in [0.05, 0.1) is 35.1 Å². The van der Waals surface area contributed by atoms with Crippen molar-refractivity contribution >= 4 is 115 Å². The van der Waals surface area contributed by atoms with Gasteiger partial charge in [0.15, 0.2) is 0 Å². The number of aromatic nitrogens is 4. The van der Waals surface area contributed by atoms with Crippen LogP contribution in [0.2, 0.25) is 0 Å². The summed E-state index contributed by atoms with van der Waals surface area (Å²) in [5.41, 5.74) is 4.21. The summed E-state index contributed by atoms with van der Waals surface area (Å²) in [6.07, 6.45) is -14.0. The number of rotatable bonds is 10. The van der Waals surface area contributed by atoms with E-state index in [-0.39, 0.29) is 144 Å². The first-order valence-electron chi connectivity index (χ1n) is 38.4. The summed E-state index contributed by atoms with van der Waals surface area (Å²) in [4.78, 5) is 66.8. The van der Waals surface area contributed by atoms with Crippen molar-refractivity contribution in [3.8, 4) is 56.2 Å². The van der Waals surface area contributed by atoms with Crippen LogP contribution < -0.4 is 0 Å². The van der Waals surface area contributed by atoms with Gasteiger partial charge in [-0.05, 0) is 81.9 Å². The normalized spacial score (nSPS) is 10.9. The fourth-order valence-electron chi connectivity index (χ4n) is 13.7. The molecule has 4 radical (unpaired) electrons. The Balaban J connectivity index is 0.000000195. The summed E-state index contributed by atoms with van der Waals surface area (Å²) in [5.74, 6) is -1.18. The van der Waals surface area contributed by atoms with E-state index in [1.165, 1.54) is 58.0 Å². The maximum absolute atomic E-state index is 13.4. The fourth-order valence-corrected chi connectivity index (χ4v) is 13.7. The number of nitrogens with zero attached hydrogens (tertiary/aromatic N) is 4. The number of halogens is 12. The molecule has 0 unspecified atom stereocenters. The summed E-state index contributed by atoms with van der Waals surface area (Å²) in [6, 6.07) is 102. The summed E-state index contributed by atoms with van der Waals surface area (Å²) in [6.45, 7) is 5.62. The molecule has 0 bridgehead atoms. The van der Waals surface area contributed by atoms with E-state index in [4.69, 9.17) is 5.11 Å². The minimum Gasteiger partial charge on any atom is -0.521 e. The molecular formula is C103H69F12Ir4N4O6-5. The van der Waals surface area contributed by atoms with Gasteiger partial charge in [-0.15, -0.1) is 149 Å². The number of Topliss-reactive ketones (excluding diaryl/α,β-unsaturated/α-hetero) is 4. The van der Waals surface area contributed by atoms with Gasteiger partial charge in [-0.25, -0.2) is 0 Å². The predicted molar refractivity (Wildman–Crippen MR) is 464 cm³/mol. The number of alkyl halides is 12. The molecule has 1 N–H and O–H groups in total. The number of carboxylic acids is 1. The van der Waals surface area contributed by atoms with E-state index in [9.17, 15) is 76.7 Å². The van der Waals surface area contributed by atoms with Crippen LogP contribution in [0.15, 0.2) is 316 Å². The number of pyridine rings is 4. The molecule has 0 aliphatic carbocycles. The molecule has 18 rings (SSSR count). The molecule has 26 heteroatoms. The zero-order chi connectivity index (χ0) is 89.3. The molecule has 0 spiro atoms. The van der Waals surface area contributed by atoms with E-state index < -0.39 is 52.9 Å². The van der Waals surface area contributed by atoms with Gasteiger partial charge < -0.3 is 9.90 Å². The van der Waals surface area contributed by atoms with Crippen LogP contribution in [0.1, 0.15) is 73.1 Å². The number of benzene rings is 14. The van der Waals surface area contributed by atoms with E-state index in [0.29, 0.717) is 66.6 Å². The molecule has 4 aromatic heterocycles. The molecule has 129 heavy (non-hydrogen) atoms. The third kappa shape index (κ3) is 26.2. The van der Waals surface area contributed by atoms with Gasteiger partial charge in [-0.2, -0.15) is 52.7 Å². The van der Waals surface area contributed by atoms with Crippen molar-refractivity contribution in [2.24, 2.45) is 0 Å². The van der Waals surface area contributed by atoms with E-state index >= 15 is 0 Å². The number of carbonyl (C=O) groups excluding carboxylic acids is 4. The maximum atomic E-state index is 13.4. The first kappa shape index (κ1) is 102. The quantitative estimate of drug-likeness (QED) is 0.0794. The first-order chi connectivity index (χ1) is 59.7. The Morgan fingerprint density at radius 3 is 0.814 bits per heavy atom. The first-order valence-corrected chi connectivity index (χ1v) is 38.4. The van der Waals surface area contributed by atoms with Crippen molar-refractivity contribution < 1.29 is 162 Å². The number of fused-ring (bicyclic) bond motifs is 8. The SMILES string of the molecule is CC(=O)CC(C)=O.CC(=O)CC(C)=O.FC(F)(F)c1cnc(-c2[c-]c3cccc(-c4ccccc4)c3cc2)c2ccccc12.FC(F)(F)c1cnc(-c2[c-]c3ccccc3cc2)c2ccccc12.FC(F)(F)c1cnc(-c2[c-]c3ccccc3cc2)c2ccccc12.FC(F)(F)c1cnc(-c2[c-]c3ccccc3cc2)c2ccccc12.O=C(O)c1[c-]cccc1.[Ir].[Ir].[Ir].[Ir]. The second-order valence-corrected chi connectivity index (χ2v) is 28.4. The molecule has 0 aliphatic rings. The second-order valence-electron chi connectivity index (χ2n) is 28.4. The van der Waals surface area contributed by atoms with Crippen LogP contribution in [-0.2, 0) is 124 Å². The van der Waals surface area contributed by atoms with Crippen LogP contribution in [0.25, 0.3) is 142 Å². The number of aromatic carboxylic acids is 1. The predicted octanol–water partition coefficient (Wildman–Crippen LogP) is 27.4. The van der Waals surface area contributed by atoms with Crippen LogP contribution in [0.3, 0.4) is 0 Å². The van der Waals surface area contributed by atoms with Crippen LogP contribution >= 0.6 is 0 Å². The molecule has 14 aromatic carbocycles. The zero-order valence-electron chi connectivity index (χ0n) is 68.1. The Kier molecular flexibility index (Phi) is 36.1. The molecule has 18 aromatic rings. The van der Waals surface area contributed by atoms with Crippen molar-refractivity contribution in [1.82, 2.24) is 19.9 Å². The molecule has 0 saturated carbocycles. The van der Waals surface area contributed by atoms with Gasteiger partial charge in [0.1, 0.15) is 23.1 Å². The Bertz CT molecular complexity index is 6560. The number of carbonyl (C=O) groups is 5. The smallest absolute Gasteiger partial charge is 0.418 e. The van der Waals surface area contributed by atoms with E-state index in [2.05, 4.69) is 56.3 Å². The molecule has 662 valence electrons. The Labute approximate surface area is 786 Å². The molecule has 0 amide bonds. The summed E-state index contributed by atoms with van der Waals surface area (Å²) < 4.78 is 159. The molecule has 4 heterocycles. The third-order valence-electron chi connectivity index (χ3n) is 19.2. The Morgan fingerprint density at radius 1 is 0.279 bits per heavy atom. The van der Waals surface area contributed by atoms with Crippen LogP contribution in [0.4, 0.5) is 52.7 Å². The molecule has 0 fully saturated rings. The monoisotopic (exact) mass is 2460 g/mol. The Morgan fingerprint density at radius 2 is 0.543 bits per heavy atom. The van der Waals surface area contributed by atoms with Gasteiger partial charge in [0.25, 0.3) is 0 Å². The van der Waals surface area contributed by atoms with Crippen LogP contribution in [-0.4, -0.2) is 54.1 Å². The maximum Gasteiger partial charge on any atom is 0.418 e. The Hall–Kier alpha value is -12.3. The molecule has 0 saturated heterocycles. The molecule has 10 nitrogen and oxygen atoms in total. The van der Waals surface area contributed by atoms with E-state index in [1.54, 1.807) is 91.0 Å². The largest absolute Gasteiger partial charge is 0.521 e. The number of hydrogen-bond donors (Lipinski definition) is 1. The van der Waals surface area contributed by atoms with Crippen molar-refractivity contribution in [1.29, 1.82) is 0 Å². The number of hydrogen-bond acceptors (Lipinski definition) is 9. The molecular weight excluding hydrogens is 2390 g/mol. The van der Waals surface area contributed by atoms with Gasteiger partial charge in [-0.3, -0.25) is 39.1 Å². The average molecular weight is 2460 g/mol. The van der Waals surface area contributed by atoms with Gasteiger partial charge in [0, 0.05) is 128 Å². The van der Waals surface area contributed by atoms with Crippen LogP contribution in [0.5, 0.6) is 0 Å². The summed E-state index contributed by atoms with van der Waals surface area (Å²) in [5, 5.41) is 18.5. The van der Waals surface area contributed by atoms with Gasteiger partial charge in [-0.1, -0.05) is 243 Å². The summed E-state index contributed by atoms with van der Waals surface area (Å²) >= 11 is 0. The number of carboxylic acid groups (broad SMARTS) is 1. The molecule has 0 atom stereocenters. The van der Waals surface area contributed by atoms with Crippen molar-refractivity contribution in [3.63, 3.8) is 0 Å². The standard InChI is InChI=1S/C26H15F3N.3C20H11F3N.C7H5O2.2C5H8O2.4Ir/c27-26(28,29)24-16-30-25(23-11-5-4-10-22(23)24)19-13-14-21-18(15-19)9-6-12-20(21)17-7-2-1-3-8-17;3*21-20(22,23)18-12-24-19(17-8-4-3-7-16(17)18)15-10-9-13-5-1-2-6-14(13)11-15;8-7(9)6-4-2-1-3-5-6;2*1-4(6)3-5(2)7;;;;/h1-14,16H;3*1-10,12H;1-4H,(H,8,9);2*3H2,1-2H3;;;;/q5*-1;;;;;;. The minimum atomic E-state index is -4.46. The average Bonchev–Trinajstić information content (AvgIpc) is 0.782. The van der Waals surface area contributed by atoms with E-state index in [1.807, 2.05) is 164 Å². The summed E-state index contributed by atoms with van der Waals surface area (Å²) in [7, 11) is 0. The van der Waals surface area contributed by atoms with Crippen molar-refractivity contribution in [3.05, 3.63) is 374 Å². The third-order valence-corrected chi connectivity index (χ3v) is 19.2. The van der Waals surface area contributed by atoms with Crippen molar-refractivity contribution in [2.75, 3.05) is 0 Å².